The van der Waals surface area contributed by atoms with Crippen LogP contribution in [0, 0.1) is 5.92 Å². The van der Waals surface area contributed by atoms with Gasteiger partial charge in [0.15, 0.2) is 0 Å². The van der Waals surface area contributed by atoms with Crippen LogP contribution in [0.1, 0.15) is 38.0 Å². The Bertz CT molecular complexity index is 414. The zero-order valence-corrected chi connectivity index (χ0v) is 9.87. The Balaban J connectivity index is 1.83. The van der Waals surface area contributed by atoms with Crippen molar-refractivity contribution in [1.82, 2.24) is 4.90 Å². The Morgan fingerprint density at radius 1 is 1.59 bits per heavy atom. The molecule has 4 nitrogen and oxygen atoms in total. The van der Waals surface area contributed by atoms with Crippen LogP contribution in [0.4, 0.5) is 0 Å². The van der Waals surface area contributed by atoms with Gasteiger partial charge in [0.25, 0.3) is 0 Å². The summed E-state index contributed by atoms with van der Waals surface area (Å²) in [6.07, 6.45) is 4.61. The number of rotatable bonds is 3. The number of carbonyl (C=O) groups is 1. The predicted octanol–water partition coefficient (Wildman–Crippen LogP) is 2.28. The van der Waals surface area contributed by atoms with E-state index in [9.17, 15) is 9.90 Å². The summed E-state index contributed by atoms with van der Waals surface area (Å²) in [4.78, 5) is 13.5. The number of hydrogen-bond donors (Lipinski definition) is 1. The van der Waals surface area contributed by atoms with Gasteiger partial charge in [0, 0.05) is 12.1 Å². The van der Waals surface area contributed by atoms with Crippen LogP contribution in [0.15, 0.2) is 22.8 Å². The molecule has 17 heavy (non-hydrogen) atoms. The van der Waals surface area contributed by atoms with Gasteiger partial charge in [0.2, 0.25) is 0 Å². The zero-order valence-electron chi connectivity index (χ0n) is 9.87. The number of fused-ring (bicyclic) bond motifs is 2. The van der Waals surface area contributed by atoms with E-state index in [4.69, 9.17) is 4.42 Å². The number of furan rings is 1. The molecule has 0 radical (unpaired) electrons. The molecule has 4 heteroatoms. The van der Waals surface area contributed by atoms with Crippen molar-refractivity contribution >= 4 is 5.97 Å². The van der Waals surface area contributed by atoms with Crippen LogP contribution < -0.4 is 0 Å². The molecule has 2 fully saturated rings. The van der Waals surface area contributed by atoms with Crippen LogP contribution in [0.3, 0.4) is 0 Å². The lowest BCUT2D eigenvalue weighted by Crippen LogP contribution is -2.34. The molecular weight excluding hydrogens is 218 g/mol. The summed E-state index contributed by atoms with van der Waals surface area (Å²) in [5.74, 6) is 0.105. The van der Waals surface area contributed by atoms with Crippen molar-refractivity contribution in [3.8, 4) is 0 Å². The average molecular weight is 235 g/mol. The minimum absolute atomic E-state index is 0.187. The number of carboxylic acids is 1. The first-order valence-electron chi connectivity index (χ1n) is 6.22. The summed E-state index contributed by atoms with van der Waals surface area (Å²) >= 11 is 0. The van der Waals surface area contributed by atoms with E-state index in [-0.39, 0.29) is 18.0 Å². The van der Waals surface area contributed by atoms with E-state index in [1.807, 2.05) is 12.1 Å². The van der Waals surface area contributed by atoms with Gasteiger partial charge in [-0.25, -0.2) is 0 Å². The Kier molecular flexibility index (Phi) is 2.47. The number of hydrogen-bond acceptors (Lipinski definition) is 3. The summed E-state index contributed by atoms with van der Waals surface area (Å²) in [5, 5.41) is 9.22. The van der Waals surface area contributed by atoms with E-state index in [0.717, 1.165) is 25.0 Å². The fraction of sp³-hybridized carbons (Fsp3) is 0.615. The first-order chi connectivity index (χ1) is 8.18. The monoisotopic (exact) mass is 235 g/mol. The van der Waals surface area contributed by atoms with Crippen molar-refractivity contribution < 1.29 is 14.3 Å². The molecule has 1 N–H and O–H groups in total. The molecule has 4 unspecified atom stereocenters. The van der Waals surface area contributed by atoms with Crippen LogP contribution in [0.5, 0.6) is 0 Å². The topological polar surface area (TPSA) is 53.7 Å². The first kappa shape index (κ1) is 10.8. The van der Waals surface area contributed by atoms with Crippen LogP contribution in [-0.2, 0) is 4.79 Å². The Hall–Kier alpha value is -1.29. The molecule has 2 saturated heterocycles. The molecule has 0 amide bonds. The highest BCUT2D eigenvalue weighted by molar-refractivity contribution is 5.71. The average Bonchev–Trinajstić information content (AvgIpc) is 3.03. The molecule has 0 saturated carbocycles. The maximum atomic E-state index is 11.2. The molecule has 2 aliphatic heterocycles. The van der Waals surface area contributed by atoms with Gasteiger partial charge in [-0.05, 0) is 38.3 Å². The van der Waals surface area contributed by atoms with Crippen molar-refractivity contribution in [2.75, 3.05) is 0 Å². The highest BCUT2D eigenvalue weighted by Crippen LogP contribution is 2.46. The Morgan fingerprint density at radius 3 is 3.00 bits per heavy atom. The van der Waals surface area contributed by atoms with Gasteiger partial charge in [0.05, 0.1) is 18.2 Å². The summed E-state index contributed by atoms with van der Waals surface area (Å²) in [7, 11) is 0. The molecule has 0 spiro atoms. The van der Waals surface area contributed by atoms with Crippen molar-refractivity contribution in [2.45, 2.75) is 44.3 Å². The van der Waals surface area contributed by atoms with Crippen LogP contribution in [-0.4, -0.2) is 28.1 Å². The molecule has 2 aliphatic rings. The quantitative estimate of drug-likeness (QED) is 0.873. The number of aliphatic carboxylic acids is 1. The molecule has 0 aliphatic carbocycles. The summed E-state index contributed by atoms with van der Waals surface area (Å²) in [6.45, 7) is 2.11. The lowest BCUT2D eigenvalue weighted by atomic mass is 9.89. The van der Waals surface area contributed by atoms with Crippen LogP contribution in [0.2, 0.25) is 0 Å². The lowest BCUT2D eigenvalue weighted by Gasteiger charge is -2.28. The van der Waals surface area contributed by atoms with Crippen molar-refractivity contribution in [2.24, 2.45) is 5.92 Å². The molecule has 4 atom stereocenters. The summed E-state index contributed by atoms with van der Waals surface area (Å²) < 4.78 is 5.44. The second-order valence-corrected chi connectivity index (χ2v) is 5.12. The lowest BCUT2D eigenvalue weighted by molar-refractivity contribution is -0.142. The first-order valence-corrected chi connectivity index (χ1v) is 6.22. The summed E-state index contributed by atoms with van der Waals surface area (Å²) in [5.41, 5.74) is 0. The van der Waals surface area contributed by atoms with E-state index in [1.54, 1.807) is 6.26 Å². The second kappa shape index (κ2) is 3.88. The fourth-order valence-corrected chi connectivity index (χ4v) is 3.58. The number of nitrogens with zero attached hydrogens (tertiary/aromatic N) is 1. The van der Waals surface area contributed by atoms with Gasteiger partial charge in [-0.15, -0.1) is 0 Å². The third-order valence-electron chi connectivity index (χ3n) is 4.31. The van der Waals surface area contributed by atoms with E-state index >= 15 is 0 Å². The van der Waals surface area contributed by atoms with Gasteiger partial charge in [-0.1, -0.05) is 0 Å². The molecule has 1 aromatic heterocycles. The molecule has 2 bridgehead atoms. The molecule has 92 valence electrons. The molecule has 3 rings (SSSR count). The maximum absolute atomic E-state index is 11.2. The molecular formula is C13H17NO3. The zero-order chi connectivity index (χ0) is 12.0. The minimum Gasteiger partial charge on any atom is -0.481 e. The highest BCUT2D eigenvalue weighted by Gasteiger charge is 2.51. The van der Waals surface area contributed by atoms with Crippen molar-refractivity contribution in [1.29, 1.82) is 0 Å². The largest absolute Gasteiger partial charge is 0.481 e. The smallest absolute Gasteiger partial charge is 0.308 e. The third kappa shape index (κ3) is 1.59. The highest BCUT2D eigenvalue weighted by atomic mass is 16.4. The minimum atomic E-state index is -0.645. The standard InChI is InChI=1S/C13H17NO3/c1-8(12-3-2-6-17-12)14-9-4-5-11(14)10(7-9)13(15)16/h2-3,6,8-11H,4-5,7H2,1H3,(H,15,16). The predicted molar refractivity (Wildman–Crippen MR) is 61.5 cm³/mol. The SMILES string of the molecule is CC(c1ccco1)N1C2CCC1C(C(=O)O)C2. The van der Waals surface area contributed by atoms with E-state index in [1.165, 1.54) is 0 Å². The van der Waals surface area contributed by atoms with Crippen LogP contribution in [0.25, 0.3) is 0 Å². The van der Waals surface area contributed by atoms with Gasteiger partial charge >= 0.3 is 5.97 Å². The van der Waals surface area contributed by atoms with Gasteiger partial charge in [0.1, 0.15) is 5.76 Å². The van der Waals surface area contributed by atoms with E-state index in [0.29, 0.717) is 6.04 Å². The van der Waals surface area contributed by atoms with Crippen molar-refractivity contribution in [3.63, 3.8) is 0 Å². The third-order valence-corrected chi connectivity index (χ3v) is 4.31. The normalized spacial score (nSPS) is 34.1. The van der Waals surface area contributed by atoms with Crippen molar-refractivity contribution in [3.05, 3.63) is 24.2 Å². The van der Waals surface area contributed by atoms with Gasteiger partial charge in [-0.2, -0.15) is 0 Å². The second-order valence-electron chi connectivity index (χ2n) is 5.12. The molecule has 3 heterocycles. The fourth-order valence-electron chi connectivity index (χ4n) is 3.58. The van der Waals surface area contributed by atoms with E-state index in [2.05, 4.69) is 11.8 Å². The Morgan fingerprint density at radius 2 is 2.41 bits per heavy atom. The number of carboxylic acid groups (broad SMARTS) is 1. The summed E-state index contributed by atoms with van der Waals surface area (Å²) in [6, 6.07) is 4.65. The van der Waals surface area contributed by atoms with Gasteiger partial charge in [-0.3, -0.25) is 9.69 Å². The van der Waals surface area contributed by atoms with Crippen LogP contribution >= 0.6 is 0 Å². The van der Waals surface area contributed by atoms with E-state index < -0.39 is 5.97 Å². The maximum Gasteiger partial charge on any atom is 0.308 e. The Labute approximate surface area is 100 Å². The molecule has 1 aromatic rings. The molecule has 0 aromatic carbocycles. The van der Waals surface area contributed by atoms with Gasteiger partial charge < -0.3 is 9.52 Å².